The van der Waals surface area contributed by atoms with Crippen LogP contribution in [0.4, 0.5) is 0 Å². The SMILES string of the molecule is Cn1cc(C(=O)NNC(=O)CCCNC(=O)c2cccs2)c2ccccc21. The van der Waals surface area contributed by atoms with E-state index >= 15 is 0 Å². The summed E-state index contributed by atoms with van der Waals surface area (Å²) in [5.74, 6) is -0.824. The Balaban J connectivity index is 1.42. The minimum atomic E-state index is -0.369. The van der Waals surface area contributed by atoms with E-state index in [0.717, 1.165) is 10.9 Å². The Bertz CT molecular complexity index is 963. The maximum atomic E-state index is 12.3. The van der Waals surface area contributed by atoms with Crippen molar-refractivity contribution in [2.24, 2.45) is 7.05 Å². The third-order valence-electron chi connectivity index (χ3n) is 4.07. The van der Waals surface area contributed by atoms with Gasteiger partial charge >= 0.3 is 0 Å². The molecule has 8 heteroatoms. The molecule has 3 amide bonds. The van der Waals surface area contributed by atoms with Crippen LogP contribution in [0.15, 0.2) is 48.0 Å². The first-order valence-electron chi connectivity index (χ1n) is 8.51. The van der Waals surface area contributed by atoms with Gasteiger partial charge in [0.25, 0.3) is 11.8 Å². The summed E-state index contributed by atoms with van der Waals surface area (Å²) in [6.07, 6.45) is 2.40. The number of nitrogens with one attached hydrogen (secondary N) is 3. The minimum Gasteiger partial charge on any atom is -0.351 e. The minimum absolute atomic E-state index is 0.144. The molecule has 0 aliphatic rings. The van der Waals surface area contributed by atoms with Crippen LogP contribution in [0.1, 0.15) is 32.9 Å². The third kappa shape index (κ3) is 4.53. The molecule has 0 saturated carbocycles. The van der Waals surface area contributed by atoms with Crippen LogP contribution in [0.5, 0.6) is 0 Å². The van der Waals surface area contributed by atoms with Crippen molar-refractivity contribution in [3.05, 3.63) is 58.4 Å². The van der Waals surface area contributed by atoms with Crippen LogP contribution in [0, 0.1) is 0 Å². The van der Waals surface area contributed by atoms with Gasteiger partial charge in [0.15, 0.2) is 0 Å². The zero-order chi connectivity index (χ0) is 19.2. The van der Waals surface area contributed by atoms with E-state index in [-0.39, 0.29) is 24.1 Å². The molecule has 2 aromatic heterocycles. The predicted octanol–water partition coefficient (Wildman–Crippen LogP) is 2.21. The molecule has 2 heterocycles. The van der Waals surface area contributed by atoms with Crippen molar-refractivity contribution < 1.29 is 14.4 Å². The molecule has 0 atom stereocenters. The Morgan fingerprint density at radius 3 is 2.63 bits per heavy atom. The number of hydrogen-bond donors (Lipinski definition) is 3. The number of hydrogen-bond acceptors (Lipinski definition) is 4. The van der Waals surface area contributed by atoms with Crippen molar-refractivity contribution in [3.63, 3.8) is 0 Å². The quantitative estimate of drug-likeness (QED) is 0.449. The number of para-hydroxylation sites is 1. The highest BCUT2D eigenvalue weighted by Gasteiger charge is 2.14. The molecule has 3 N–H and O–H groups in total. The van der Waals surface area contributed by atoms with Gasteiger partial charge in [-0.1, -0.05) is 24.3 Å². The summed E-state index contributed by atoms with van der Waals surface area (Å²) in [6, 6.07) is 11.1. The van der Waals surface area contributed by atoms with Crippen molar-refractivity contribution in [2.75, 3.05) is 6.54 Å². The van der Waals surface area contributed by atoms with Gasteiger partial charge in [0.1, 0.15) is 0 Å². The van der Waals surface area contributed by atoms with Gasteiger partial charge in [-0.05, 0) is 23.9 Å². The summed E-state index contributed by atoms with van der Waals surface area (Å²) in [5, 5.41) is 5.41. The lowest BCUT2D eigenvalue weighted by molar-refractivity contribution is -0.121. The Labute approximate surface area is 160 Å². The molecular formula is C19H20N4O3S. The second kappa shape index (κ2) is 8.50. The van der Waals surface area contributed by atoms with Crippen molar-refractivity contribution in [1.29, 1.82) is 0 Å². The lowest BCUT2D eigenvalue weighted by Gasteiger charge is -2.07. The molecule has 1 aromatic carbocycles. The fraction of sp³-hybridized carbons (Fsp3) is 0.211. The zero-order valence-electron chi connectivity index (χ0n) is 14.8. The molecule has 3 aromatic rings. The lowest BCUT2D eigenvalue weighted by Crippen LogP contribution is -2.41. The maximum absolute atomic E-state index is 12.3. The van der Waals surface area contributed by atoms with Gasteiger partial charge in [0, 0.05) is 37.1 Å². The highest BCUT2D eigenvalue weighted by atomic mass is 32.1. The Morgan fingerprint density at radius 1 is 1.04 bits per heavy atom. The summed E-state index contributed by atoms with van der Waals surface area (Å²) in [4.78, 5) is 36.6. The standard InChI is InChI=1S/C19H20N4O3S/c1-23-12-14(13-6-2-3-7-15(13)23)18(25)22-21-17(24)9-4-10-20-19(26)16-8-5-11-27-16/h2-3,5-8,11-12H,4,9-10H2,1H3,(H,20,26)(H,21,24)(H,22,25). The molecule has 0 aliphatic carbocycles. The summed E-state index contributed by atoms with van der Waals surface area (Å²) in [6.45, 7) is 0.390. The fourth-order valence-electron chi connectivity index (χ4n) is 2.72. The number of thiophene rings is 1. The molecule has 0 unspecified atom stereocenters. The number of aromatic nitrogens is 1. The largest absolute Gasteiger partial charge is 0.351 e. The van der Waals surface area contributed by atoms with Crippen LogP contribution in [0.25, 0.3) is 10.9 Å². The average Bonchev–Trinajstić information content (AvgIpc) is 3.32. The molecule has 3 rings (SSSR count). The second-order valence-electron chi connectivity index (χ2n) is 6.01. The van der Waals surface area contributed by atoms with Crippen LogP contribution in [-0.4, -0.2) is 28.8 Å². The molecule has 0 radical (unpaired) electrons. The van der Waals surface area contributed by atoms with E-state index in [2.05, 4.69) is 16.2 Å². The van der Waals surface area contributed by atoms with Crippen LogP contribution in [0.3, 0.4) is 0 Å². The molecule has 140 valence electrons. The first-order valence-corrected chi connectivity index (χ1v) is 9.39. The monoisotopic (exact) mass is 384 g/mol. The van der Waals surface area contributed by atoms with Crippen molar-refractivity contribution in [2.45, 2.75) is 12.8 Å². The number of amides is 3. The summed E-state index contributed by atoms with van der Waals surface area (Å²) in [5.41, 5.74) is 6.29. The molecule has 0 aliphatic heterocycles. The Morgan fingerprint density at radius 2 is 1.85 bits per heavy atom. The second-order valence-corrected chi connectivity index (χ2v) is 6.96. The van der Waals surface area contributed by atoms with Crippen LogP contribution in [-0.2, 0) is 11.8 Å². The third-order valence-corrected chi connectivity index (χ3v) is 4.94. The van der Waals surface area contributed by atoms with Gasteiger partial charge in [-0.2, -0.15) is 0 Å². The predicted molar refractivity (Wildman–Crippen MR) is 104 cm³/mol. The first kappa shape index (κ1) is 18.7. The van der Waals surface area contributed by atoms with E-state index in [1.165, 1.54) is 11.3 Å². The number of nitrogens with zero attached hydrogens (tertiary/aromatic N) is 1. The number of carbonyl (C=O) groups excluding carboxylic acids is 3. The van der Waals surface area contributed by atoms with E-state index in [0.29, 0.717) is 23.4 Å². The Kier molecular flexibility index (Phi) is 5.87. The highest BCUT2D eigenvalue weighted by Crippen LogP contribution is 2.19. The molecule has 0 fully saturated rings. The number of carbonyl (C=O) groups is 3. The topological polar surface area (TPSA) is 92.2 Å². The number of benzene rings is 1. The first-order chi connectivity index (χ1) is 13.1. The normalized spacial score (nSPS) is 10.6. The zero-order valence-corrected chi connectivity index (χ0v) is 15.6. The van der Waals surface area contributed by atoms with E-state index < -0.39 is 0 Å². The summed E-state index contributed by atoms with van der Waals surface area (Å²) < 4.78 is 1.86. The van der Waals surface area contributed by atoms with Crippen molar-refractivity contribution >= 4 is 40.0 Å². The summed E-state index contributed by atoms with van der Waals surface area (Å²) in [7, 11) is 1.86. The van der Waals surface area contributed by atoms with Crippen LogP contribution in [0.2, 0.25) is 0 Å². The van der Waals surface area contributed by atoms with Gasteiger partial charge in [0.05, 0.1) is 10.4 Å². The van der Waals surface area contributed by atoms with Gasteiger partial charge in [-0.3, -0.25) is 25.2 Å². The molecular weight excluding hydrogens is 364 g/mol. The molecule has 0 bridgehead atoms. The highest BCUT2D eigenvalue weighted by molar-refractivity contribution is 7.12. The van der Waals surface area contributed by atoms with Crippen LogP contribution < -0.4 is 16.2 Å². The fourth-order valence-corrected chi connectivity index (χ4v) is 3.36. The molecule has 27 heavy (non-hydrogen) atoms. The summed E-state index contributed by atoms with van der Waals surface area (Å²) >= 11 is 1.37. The van der Waals surface area contributed by atoms with Crippen molar-refractivity contribution in [1.82, 2.24) is 20.7 Å². The van der Waals surface area contributed by atoms with E-state index in [9.17, 15) is 14.4 Å². The lowest BCUT2D eigenvalue weighted by atomic mass is 10.2. The van der Waals surface area contributed by atoms with Gasteiger partial charge < -0.3 is 9.88 Å². The molecule has 0 saturated heterocycles. The maximum Gasteiger partial charge on any atom is 0.271 e. The number of fused-ring (bicyclic) bond motifs is 1. The number of rotatable bonds is 6. The van der Waals surface area contributed by atoms with Gasteiger partial charge in [-0.15, -0.1) is 11.3 Å². The number of aryl methyl sites for hydroxylation is 1. The van der Waals surface area contributed by atoms with E-state index in [4.69, 9.17) is 0 Å². The molecule has 0 spiro atoms. The molecule has 7 nitrogen and oxygen atoms in total. The van der Waals surface area contributed by atoms with Gasteiger partial charge in [-0.25, -0.2) is 0 Å². The van der Waals surface area contributed by atoms with Crippen LogP contribution >= 0.6 is 11.3 Å². The van der Waals surface area contributed by atoms with E-state index in [1.807, 2.05) is 47.3 Å². The average molecular weight is 384 g/mol. The van der Waals surface area contributed by atoms with E-state index in [1.54, 1.807) is 12.3 Å². The smallest absolute Gasteiger partial charge is 0.271 e. The Hall–Kier alpha value is -3.13. The number of hydrazine groups is 1. The van der Waals surface area contributed by atoms with Crippen molar-refractivity contribution in [3.8, 4) is 0 Å². The van der Waals surface area contributed by atoms with Gasteiger partial charge in [0.2, 0.25) is 5.91 Å².